The zero-order chi connectivity index (χ0) is 22.2. The van der Waals surface area contributed by atoms with Crippen LogP contribution in [0.15, 0.2) is 35.5 Å². The summed E-state index contributed by atoms with van der Waals surface area (Å²) in [4.78, 5) is 29.7. The molecule has 4 nitrogen and oxygen atoms in total. The molecular weight excluding hydrogens is 440 g/mol. The van der Waals surface area contributed by atoms with Gasteiger partial charge in [0, 0.05) is 39.9 Å². The number of hydrogen-bond donors (Lipinski definition) is 0. The van der Waals surface area contributed by atoms with Gasteiger partial charge < -0.3 is 0 Å². The van der Waals surface area contributed by atoms with Crippen molar-refractivity contribution < 1.29 is 9.59 Å². The van der Waals surface area contributed by atoms with Crippen LogP contribution in [0.1, 0.15) is 78.9 Å². The summed E-state index contributed by atoms with van der Waals surface area (Å²) < 4.78 is 0. The second-order valence-electron chi connectivity index (χ2n) is 8.89. The third-order valence-corrected chi connectivity index (χ3v) is 8.41. The first kappa shape index (κ1) is 21.4. The molecule has 2 heterocycles. The Kier molecular flexibility index (Phi) is 5.92. The summed E-state index contributed by atoms with van der Waals surface area (Å²) in [5, 5.41) is 11.4. The highest BCUT2D eigenvalue weighted by atomic mass is 35.5. The van der Waals surface area contributed by atoms with Crippen molar-refractivity contribution in [1.29, 1.82) is 5.26 Å². The Labute approximate surface area is 197 Å². The number of Topliss-reactive ketones (excluding diaryl/α,β-unsaturated/α-hetero) is 1. The van der Waals surface area contributed by atoms with Gasteiger partial charge in [-0.25, -0.2) is 0 Å². The van der Waals surface area contributed by atoms with Crippen LogP contribution in [0, 0.1) is 11.3 Å². The van der Waals surface area contributed by atoms with E-state index in [0.29, 0.717) is 23.4 Å². The first-order chi connectivity index (χ1) is 15.6. The molecule has 1 aliphatic heterocycles. The Morgan fingerprint density at radius 1 is 1.03 bits per heavy atom. The Balaban J connectivity index is 1.66. The fraction of sp³-hybridized carbons (Fsp3) is 0.423. The number of carbonyl (C=O) groups excluding carboxylic acids is 2. The fourth-order valence-electron chi connectivity index (χ4n) is 5.41. The molecular formula is C26H25ClN2O2S. The van der Waals surface area contributed by atoms with E-state index in [-0.39, 0.29) is 24.0 Å². The maximum absolute atomic E-state index is 13.6. The first-order valence-corrected chi connectivity index (χ1v) is 12.7. The van der Waals surface area contributed by atoms with Crippen LogP contribution < -0.4 is 4.90 Å². The lowest BCUT2D eigenvalue weighted by Crippen LogP contribution is -2.40. The van der Waals surface area contributed by atoms with Crippen LogP contribution in [0.3, 0.4) is 0 Å². The number of thiophene rings is 1. The average Bonchev–Trinajstić information content (AvgIpc) is 3.09. The van der Waals surface area contributed by atoms with Gasteiger partial charge in [0.05, 0.1) is 5.56 Å². The second-order valence-corrected chi connectivity index (χ2v) is 10.4. The van der Waals surface area contributed by atoms with Gasteiger partial charge >= 0.3 is 0 Å². The van der Waals surface area contributed by atoms with Crippen LogP contribution in [0.5, 0.6) is 0 Å². The Bertz CT molecular complexity index is 1170. The van der Waals surface area contributed by atoms with Crippen molar-refractivity contribution in [3.8, 4) is 6.07 Å². The van der Waals surface area contributed by atoms with E-state index in [0.717, 1.165) is 59.5 Å². The van der Waals surface area contributed by atoms with Gasteiger partial charge in [0.1, 0.15) is 11.1 Å². The lowest BCUT2D eigenvalue weighted by molar-refractivity contribution is -0.119. The van der Waals surface area contributed by atoms with Crippen molar-refractivity contribution in [2.75, 3.05) is 4.90 Å². The highest BCUT2D eigenvalue weighted by Crippen LogP contribution is 2.47. The summed E-state index contributed by atoms with van der Waals surface area (Å²) in [5.74, 6) is -0.192. The maximum atomic E-state index is 13.6. The molecule has 2 aromatic rings. The van der Waals surface area contributed by atoms with E-state index in [1.807, 2.05) is 18.2 Å². The second kappa shape index (κ2) is 8.84. The number of hydrogen-bond acceptors (Lipinski definition) is 4. The topological polar surface area (TPSA) is 61.2 Å². The summed E-state index contributed by atoms with van der Waals surface area (Å²) in [6.07, 6.45) is 8.59. The molecule has 3 aliphatic rings. The molecule has 32 heavy (non-hydrogen) atoms. The molecule has 2 aliphatic carbocycles. The van der Waals surface area contributed by atoms with Crippen LogP contribution in [-0.4, -0.2) is 11.7 Å². The molecule has 164 valence electrons. The molecule has 6 heteroatoms. The molecule has 1 aromatic carbocycles. The number of ketones is 1. The van der Waals surface area contributed by atoms with Crippen molar-refractivity contribution in [3.63, 3.8) is 0 Å². The molecule has 0 spiro atoms. The van der Waals surface area contributed by atoms with Gasteiger partial charge in [0.15, 0.2) is 5.78 Å². The van der Waals surface area contributed by atoms with Crippen LogP contribution >= 0.6 is 22.9 Å². The monoisotopic (exact) mass is 464 g/mol. The molecule has 0 saturated heterocycles. The van der Waals surface area contributed by atoms with E-state index >= 15 is 0 Å². The number of carbonyl (C=O) groups is 2. The lowest BCUT2D eigenvalue weighted by atomic mass is 9.77. The number of amides is 1. The van der Waals surface area contributed by atoms with Gasteiger partial charge in [0.25, 0.3) is 0 Å². The smallest absolute Gasteiger partial charge is 0.232 e. The number of nitrogens with zero attached hydrogens (tertiary/aromatic N) is 2. The van der Waals surface area contributed by atoms with Crippen molar-refractivity contribution in [1.82, 2.24) is 0 Å². The van der Waals surface area contributed by atoms with Crippen molar-refractivity contribution in [2.24, 2.45) is 0 Å². The number of halogens is 1. The van der Waals surface area contributed by atoms with E-state index in [2.05, 4.69) is 6.07 Å². The number of nitriles is 1. The number of aryl methyl sites for hydroxylation is 1. The molecule has 0 N–H and O–H groups in total. The van der Waals surface area contributed by atoms with Gasteiger partial charge in [0.2, 0.25) is 5.91 Å². The zero-order valence-corrected chi connectivity index (χ0v) is 19.5. The minimum Gasteiger partial charge on any atom is -0.294 e. The minimum absolute atomic E-state index is 0.0332. The normalized spacial score (nSPS) is 21.5. The maximum Gasteiger partial charge on any atom is 0.232 e. The minimum atomic E-state index is -0.272. The molecule has 0 bridgehead atoms. The number of anilines is 1. The quantitative estimate of drug-likeness (QED) is 0.512. The van der Waals surface area contributed by atoms with E-state index in [1.54, 1.807) is 22.3 Å². The molecule has 0 saturated carbocycles. The van der Waals surface area contributed by atoms with Crippen LogP contribution in [0.25, 0.3) is 0 Å². The van der Waals surface area contributed by atoms with E-state index in [1.165, 1.54) is 17.7 Å². The summed E-state index contributed by atoms with van der Waals surface area (Å²) in [7, 11) is 0. The van der Waals surface area contributed by atoms with E-state index < -0.39 is 0 Å². The highest BCUT2D eigenvalue weighted by Gasteiger charge is 2.41. The molecule has 1 atom stereocenters. The third kappa shape index (κ3) is 3.70. The number of fused-ring (bicyclic) bond motifs is 1. The first-order valence-electron chi connectivity index (χ1n) is 11.5. The zero-order valence-electron chi connectivity index (χ0n) is 18.0. The lowest BCUT2D eigenvalue weighted by Gasteiger charge is -2.37. The van der Waals surface area contributed by atoms with Crippen LogP contribution in [0.2, 0.25) is 5.02 Å². The van der Waals surface area contributed by atoms with Crippen LogP contribution in [0.4, 0.5) is 5.00 Å². The molecule has 0 fully saturated rings. The molecule has 1 amide bonds. The summed E-state index contributed by atoms with van der Waals surface area (Å²) >= 11 is 7.82. The van der Waals surface area contributed by atoms with Crippen LogP contribution in [-0.2, 0) is 22.4 Å². The largest absolute Gasteiger partial charge is 0.294 e. The third-order valence-electron chi connectivity index (χ3n) is 6.89. The van der Waals surface area contributed by atoms with Crippen molar-refractivity contribution in [2.45, 2.75) is 70.1 Å². The van der Waals surface area contributed by atoms with E-state index in [4.69, 9.17) is 11.6 Å². The van der Waals surface area contributed by atoms with Gasteiger partial charge in [-0.1, -0.05) is 36.6 Å². The summed E-state index contributed by atoms with van der Waals surface area (Å²) in [6, 6.07) is 9.90. The standard InChI is InChI=1S/C26H25ClN2O2S/c27-17-8-5-7-16(13-17)19-14-24(31)29(21-10-6-11-22(30)25(19)21)26-20(15-28)18-9-3-1-2-4-12-23(18)32-26/h5,7-8,13,19H,1-4,6,9-12,14H2/t19-/m0/s1. The number of benzene rings is 1. The van der Waals surface area contributed by atoms with Gasteiger partial charge in [-0.15, -0.1) is 11.3 Å². The number of rotatable bonds is 2. The average molecular weight is 465 g/mol. The Morgan fingerprint density at radius 2 is 1.84 bits per heavy atom. The van der Waals surface area contributed by atoms with E-state index in [9.17, 15) is 14.9 Å². The highest BCUT2D eigenvalue weighted by molar-refractivity contribution is 7.16. The predicted molar refractivity (Wildman–Crippen MR) is 127 cm³/mol. The molecule has 0 unspecified atom stereocenters. The predicted octanol–water partition coefficient (Wildman–Crippen LogP) is 6.46. The van der Waals surface area contributed by atoms with Crippen molar-refractivity contribution in [3.05, 3.63) is 62.1 Å². The van der Waals surface area contributed by atoms with Gasteiger partial charge in [-0.3, -0.25) is 14.5 Å². The number of allylic oxidation sites excluding steroid dienone is 2. The fourth-order valence-corrected chi connectivity index (χ4v) is 6.99. The molecule has 0 radical (unpaired) electrons. The van der Waals surface area contributed by atoms with Gasteiger partial charge in [-0.2, -0.15) is 5.26 Å². The summed E-state index contributed by atoms with van der Waals surface area (Å²) in [5.41, 5.74) is 4.22. The summed E-state index contributed by atoms with van der Waals surface area (Å²) in [6.45, 7) is 0. The van der Waals surface area contributed by atoms with Crippen molar-refractivity contribution >= 4 is 39.6 Å². The van der Waals surface area contributed by atoms with Gasteiger partial charge in [-0.05, 0) is 61.8 Å². The SMILES string of the molecule is N#Cc1c(N2C(=O)C[C@@H](c3cccc(Cl)c3)C3=C2CCCC3=O)sc2c1CCCCCC2. The molecule has 1 aromatic heterocycles. The molecule has 5 rings (SSSR count). The Hall–Kier alpha value is -2.42. The Morgan fingerprint density at radius 3 is 2.62 bits per heavy atom.